The van der Waals surface area contributed by atoms with Crippen molar-refractivity contribution in [3.63, 3.8) is 0 Å². The van der Waals surface area contributed by atoms with Crippen LogP contribution in [0, 0.1) is 10.1 Å². The number of nitrogens with two attached hydrogens (primary N) is 2. The maximum atomic E-state index is 10.7. The van der Waals surface area contributed by atoms with Gasteiger partial charge in [-0.05, 0) is 22.0 Å². The Hall–Kier alpha value is -1.96. The highest BCUT2D eigenvalue weighted by Crippen LogP contribution is 2.24. The summed E-state index contributed by atoms with van der Waals surface area (Å²) in [5, 5.41) is 17.6. The average Bonchev–Trinajstić information content (AvgIpc) is 2.19. The maximum Gasteiger partial charge on any atom is 0.279 e. The molecule has 0 aliphatic heterocycles. The second-order valence-corrected chi connectivity index (χ2v) is 3.55. The van der Waals surface area contributed by atoms with Crippen molar-refractivity contribution in [2.24, 2.45) is 21.7 Å². The summed E-state index contributed by atoms with van der Waals surface area (Å²) in [6.45, 7) is 0. The van der Waals surface area contributed by atoms with E-state index in [4.69, 9.17) is 11.5 Å². The van der Waals surface area contributed by atoms with E-state index in [9.17, 15) is 10.1 Å². The van der Waals surface area contributed by atoms with Crippen molar-refractivity contribution in [3.8, 4) is 0 Å². The Balaban J connectivity index is 3.16. The molecule has 0 bridgehead atoms. The van der Waals surface area contributed by atoms with Crippen molar-refractivity contribution in [1.29, 1.82) is 0 Å². The van der Waals surface area contributed by atoms with Gasteiger partial charge in [0.2, 0.25) is 5.96 Å². The smallest absolute Gasteiger partial charge is 0.279 e. The molecular weight excluding hydrogens is 278 g/mol. The highest BCUT2D eigenvalue weighted by molar-refractivity contribution is 9.10. The van der Waals surface area contributed by atoms with Crippen molar-refractivity contribution in [1.82, 2.24) is 0 Å². The van der Waals surface area contributed by atoms with E-state index in [-0.39, 0.29) is 11.6 Å². The lowest BCUT2D eigenvalue weighted by Crippen LogP contribution is -2.21. The minimum Gasteiger partial charge on any atom is -0.369 e. The summed E-state index contributed by atoms with van der Waals surface area (Å²) in [5.41, 5.74) is 10.3. The van der Waals surface area contributed by atoms with Crippen LogP contribution in [0.3, 0.4) is 0 Å². The van der Waals surface area contributed by atoms with Crippen LogP contribution in [0.2, 0.25) is 0 Å². The molecule has 1 aromatic carbocycles. The fourth-order valence-electron chi connectivity index (χ4n) is 0.966. The van der Waals surface area contributed by atoms with Gasteiger partial charge in [-0.25, -0.2) is 0 Å². The largest absolute Gasteiger partial charge is 0.369 e. The van der Waals surface area contributed by atoms with Gasteiger partial charge in [0.05, 0.1) is 16.7 Å². The standard InChI is InChI=1S/C8H8BrN5O2/c9-6-2-1-3-7(14(15)16)5(6)4-12-13-8(10)11/h1-4H,(H4,10,11,13). The van der Waals surface area contributed by atoms with Gasteiger partial charge >= 0.3 is 0 Å². The number of hydrogen-bond donors (Lipinski definition) is 2. The Labute approximate surface area is 99.1 Å². The predicted molar refractivity (Wildman–Crippen MR) is 64.2 cm³/mol. The number of nitro benzene ring substituents is 1. The summed E-state index contributed by atoms with van der Waals surface area (Å²) in [6, 6.07) is 4.58. The van der Waals surface area contributed by atoms with Crippen LogP contribution in [-0.4, -0.2) is 17.1 Å². The third-order valence-corrected chi connectivity index (χ3v) is 2.28. The molecule has 0 aliphatic carbocycles. The van der Waals surface area contributed by atoms with Crippen molar-refractivity contribution in [2.75, 3.05) is 0 Å². The molecule has 0 saturated heterocycles. The van der Waals surface area contributed by atoms with Gasteiger partial charge in [-0.15, -0.1) is 5.10 Å². The van der Waals surface area contributed by atoms with E-state index in [1.807, 2.05) is 0 Å². The summed E-state index contributed by atoms with van der Waals surface area (Å²) in [7, 11) is 0. The summed E-state index contributed by atoms with van der Waals surface area (Å²) in [4.78, 5) is 10.2. The fourth-order valence-corrected chi connectivity index (χ4v) is 1.42. The molecule has 4 N–H and O–H groups in total. The highest BCUT2D eigenvalue weighted by Gasteiger charge is 2.14. The first-order valence-electron chi connectivity index (χ1n) is 4.07. The van der Waals surface area contributed by atoms with Crippen LogP contribution in [0.4, 0.5) is 5.69 Å². The molecule has 0 amide bonds. The molecule has 0 atom stereocenters. The van der Waals surface area contributed by atoms with Crippen LogP contribution in [0.1, 0.15) is 5.56 Å². The Kier molecular flexibility index (Phi) is 3.95. The SMILES string of the molecule is NC(N)=NN=Cc1c(Br)cccc1[N+](=O)[O-]. The number of nitro groups is 1. The van der Waals surface area contributed by atoms with Crippen LogP contribution in [-0.2, 0) is 0 Å². The van der Waals surface area contributed by atoms with Gasteiger partial charge < -0.3 is 11.5 Å². The maximum absolute atomic E-state index is 10.7. The Morgan fingerprint density at radius 3 is 2.75 bits per heavy atom. The lowest BCUT2D eigenvalue weighted by atomic mass is 10.2. The molecule has 0 aromatic heterocycles. The van der Waals surface area contributed by atoms with Crippen molar-refractivity contribution >= 4 is 33.8 Å². The van der Waals surface area contributed by atoms with E-state index in [1.165, 1.54) is 12.3 Å². The zero-order valence-corrected chi connectivity index (χ0v) is 9.59. The zero-order chi connectivity index (χ0) is 12.1. The van der Waals surface area contributed by atoms with E-state index in [0.29, 0.717) is 10.0 Å². The normalized spacial score (nSPS) is 10.3. The summed E-state index contributed by atoms with van der Waals surface area (Å²) in [6.07, 6.45) is 1.21. The molecule has 16 heavy (non-hydrogen) atoms. The Bertz CT molecular complexity index is 467. The number of guanidine groups is 1. The van der Waals surface area contributed by atoms with Gasteiger partial charge in [-0.2, -0.15) is 5.10 Å². The molecule has 0 unspecified atom stereocenters. The van der Waals surface area contributed by atoms with Crippen LogP contribution in [0.25, 0.3) is 0 Å². The monoisotopic (exact) mass is 285 g/mol. The van der Waals surface area contributed by atoms with E-state index in [2.05, 4.69) is 26.1 Å². The first kappa shape index (κ1) is 12.1. The first-order valence-corrected chi connectivity index (χ1v) is 4.86. The molecule has 84 valence electrons. The molecule has 0 radical (unpaired) electrons. The van der Waals surface area contributed by atoms with Crippen LogP contribution < -0.4 is 11.5 Å². The third-order valence-electron chi connectivity index (χ3n) is 1.59. The fraction of sp³-hybridized carbons (Fsp3) is 0. The highest BCUT2D eigenvalue weighted by atomic mass is 79.9. The predicted octanol–water partition coefficient (Wildman–Crippen LogP) is 0.965. The van der Waals surface area contributed by atoms with Gasteiger partial charge in [0.25, 0.3) is 5.69 Å². The minimum atomic E-state index is -0.512. The lowest BCUT2D eigenvalue weighted by Gasteiger charge is -1.98. The molecule has 8 heteroatoms. The number of hydrogen-bond acceptors (Lipinski definition) is 4. The molecule has 0 saturated carbocycles. The molecule has 7 nitrogen and oxygen atoms in total. The second kappa shape index (κ2) is 5.21. The van der Waals surface area contributed by atoms with Crippen LogP contribution >= 0.6 is 15.9 Å². The van der Waals surface area contributed by atoms with Gasteiger partial charge in [-0.1, -0.05) is 6.07 Å². The van der Waals surface area contributed by atoms with Crippen molar-refractivity contribution in [3.05, 3.63) is 38.3 Å². The van der Waals surface area contributed by atoms with E-state index < -0.39 is 4.92 Å². The Morgan fingerprint density at radius 2 is 2.19 bits per heavy atom. The van der Waals surface area contributed by atoms with Crippen LogP contribution in [0.15, 0.2) is 32.9 Å². The van der Waals surface area contributed by atoms with Gasteiger partial charge in [0.1, 0.15) is 0 Å². The van der Waals surface area contributed by atoms with Crippen molar-refractivity contribution in [2.45, 2.75) is 0 Å². The molecule has 1 aromatic rings. The molecule has 1 rings (SSSR count). The number of nitrogens with zero attached hydrogens (tertiary/aromatic N) is 3. The van der Waals surface area contributed by atoms with E-state index in [1.54, 1.807) is 12.1 Å². The molecule has 0 fully saturated rings. The summed E-state index contributed by atoms with van der Waals surface area (Å²) >= 11 is 3.18. The van der Waals surface area contributed by atoms with Gasteiger partial charge in [0.15, 0.2) is 0 Å². The minimum absolute atomic E-state index is 0.0797. The molecule has 0 spiro atoms. The van der Waals surface area contributed by atoms with Gasteiger partial charge in [0, 0.05) is 10.5 Å². The topological polar surface area (TPSA) is 120 Å². The average molecular weight is 286 g/mol. The summed E-state index contributed by atoms with van der Waals surface area (Å²) < 4.78 is 0.538. The molecule has 0 heterocycles. The number of halogens is 1. The quantitative estimate of drug-likeness (QED) is 0.372. The van der Waals surface area contributed by atoms with E-state index in [0.717, 1.165) is 0 Å². The first-order chi connectivity index (χ1) is 7.52. The van der Waals surface area contributed by atoms with Crippen molar-refractivity contribution < 1.29 is 4.92 Å². The number of benzene rings is 1. The number of rotatable bonds is 3. The van der Waals surface area contributed by atoms with Gasteiger partial charge in [-0.3, -0.25) is 10.1 Å². The lowest BCUT2D eigenvalue weighted by molar-refractivity contribution is -0.385. The Morgan fingerprint density at radius 1 is 1.50 bits per heavy atom. The van der Waals surface area contributed by atoms with Crippen LogP contribution in [0.5, 0.6) is 0 Å². The summed E-state index contributed by atoms with van der Waals surface area (Å²) in [5.74, 6) is -0.217. The van der Waals surface area contributed by atoms with E-state index >= 15 is 0 Å². The second-order valence-electron chi connectivity index (χ2n) is 2.70. The molecular formula is C8H8BrN5O2. The molecule has 0 aliphatic rings. The zero-order valence-electron chi connectivity index (χ0n) is 8.00. The third kappa shape index (κ3) is 3.02.